The second-order valence-electron chi connectivity index (χ2n) is 11.1. The van der Waals surface area contributed by atoms with E-state index in [1.54, 1.807) is 4.57 Å². The molecule has 0 fully saturated rings. The van der Waals surface area contributed by atoms with Crippen molar-refractivity contribution in [3.63, 3.8) is 0 Å². The number of nitrogens with zero attached hydrogens (tertiary/aromatic N) is 2. The molecule has 0 saturated heterocycles. The van der Waals surface area contributed by atoms with Crippen molar-refractivity contribution >= 4 is 10.9 Å². The van der Waals surface area contributed by atoms with Gasteiger partial charge in [-0.3, -0.25) is 9.36 Å². The van der Waals surface area contributed by atoms with Gasteiger partial charge in [-0.25, -0.2) is 4.98 Å². The molecule has 3 heteroatoms. The molecule has 0 saturated carbocycles. The molecule has 2 aliphatic rings. The SMILES string of the molecule is O=c1c2ccccc2nc(-c2ccc3c(c2)C2(c4ccccc4-c4ccccc42)c2ccccc2-3)n1-c1ccccc1. The normalized spacial score (nSPS) is 13.5. The van der Waals surface area contributed by atoms with E-state index in [0.717, 1.165) is 11.3 Å². The topological polar surface area (TPSA) is 34.9 Å². The molecule has 42 heavy (non-hydrogen) atoms. The van der Waals surface area contributed by atoms with Crippen LogP contribution in [0, 0.1) is 0 Å². The summed E-state index contributed by atoms with van der Waals surface area (Å²) in [5.41, 5.74) is 12.0. The van der Waals surface area contributed by atoms with Gasteiger partial charge in [-0.1, -0.05) is 115 Å². The fourth-order valence-corrected chi connectivity index (χ4v) is 7.38. The Morgan fingerprint density at radius 3 is 1.67 bits per heavy atom. The molecule has 0 aliphatic heterocycles. The number of rotatable bonds is 2. The summed E-state index contributed by atoms with van der Waals surface area (Å²) in [6.07, 6.45) is 0. The van der Waals surface area contributed by atoms with Gasteiger partial charge in [0.2, 0.25) is 0 Å². The number of hydrogen-bond donors (Lipinski definition) is 0. The summed E-state index contributed by atoms with van der Waals surface area (Å²) in [6, 6.07) is 50.4. The molecular weight excluding hydrogens is 512 g/mol. The van der Waals surface area contributed by atoms with Crippen molar-refractivity contribution in [2.45, 2.75) is 5.41 Å². The minimum absolute atomic E-state index is 0.0724. The second-order valence-corrected chi connectivity index (χ2v) is 11.1. The van der Waals surface area contributed by atoms with E-state index < -0.39 is 5.41 Å². The lowest BCUT2D eigenvalue weighted by molar-refractivity contribution is 0.793. The average Bonchev–Trinajstić information content (AvgIpc) is 3.52. The predicted molar refractivity (Wildman–Crippen MR) is 169 cm³/mol. The monoisotopic (exact) mass is 536 g/mol. The van der Waals surface area contributed by atoms with E-state index in [0.29, 0.717) is 16.7 Å². The number of fused-ring (bicyclic) bond motifs is 11. The Kier molecular flexibility index (Phi) is 4.68. The first-order valence-electron chi connectivity index (χ1n) is 14.3. The summed E-state index contributed by atoms with van der Waals surface area (Å²) in [5.74, 6) is 0.637. The molecule has 0 amide bonds. The van der Waals surface area contributed by atoms with Crippen LogP contribution in [0.25, 0.3) is 50.2 Å². The molecule has 0 unspecified atom stereocenters. The zero-order valence-electron chi connectivity index (χ0n) is 22.7. The molecule has 7 aromatic rings. The van der Waals surface area contributed by atoms with Crippen molar-refractivity contribution in [1.29, 1.82) is 0 Å². The van der Waals surface area contributed by atoms with Gasteiger partial charge in [0, 0.05) is 5.56 Å². The van der Waals surface area contributed by atoms with Crippen LogP contribution in [0.2, 0.25) is 0 Å². The van der Waals surface area contributed by atoms with Gasteiger partial charge in [-0.05, 0) is 74.8 Å². The van der Waals surface area contributed by atoms with Gasteiger partial charge in [0.15, 0.2) is 0 Å². The Balaban J connectivity index is 1.40. The largest absolute Gasteiger partial charge is 0.268 e. The summed E-state index contributed by atoms with van der Waals surface area (Å²) in [7, 11) is 0. The zero-order valence-corrected chi connectivity index (χ0v) is 22.7. The maximum atomic E-state index is 14.0. The zero-order chi connectivity index (χ0) is 27.8. The van der Waals surface area contributed by atoms with Crippen LogP contribution < -0.4 is 5.56 Å². The summed E-state index contributed by atoms with van der Waals surface area (Å²) in [6.45, 7) is 0. The van der Waals surface area contributed by atoms with Crippen molar-refractivity contribution in [1.82, 2.24) is 9.55 Å². The smallest absolute Gasteiger partial charge is 0.266 e. The van der Waals surface area contributed by atoms with E-state index in [-0.39, 0.29) is 5.56 Å². The molecule has 1 spiro atoms. The standard InChI is InChI=1S/C39H24N2O/c42-38-31-17-7-11-21-36(31)40-37(41(38)26-12-2-1-3-13-26)25-22-23-30-29-16-6-10-20-34(29)39(35(30)24-25)32-18-8-4-14-27(32)28-15-5-9-19-33(28)39/h1-24H. The fourth-order valence-electron chi connectivity index (χ4n) is 7.38. The molecule has 0 atom stereocenters. The van der Waals surface area contributed by atoms with E-state index in [9.17, 15) is 4.79 Å². The number of para-hydroxylation sites is 2. The van der Waals surface area contributed by atoms with Gasteiger partial charge in [-0.2, -0.15) is 0 Å². The van der Waals surface area contributed by atoms with Crippen LogP contribution in [0.1, 0.15) is 22.3 Å². The molecule has 6 aromatic carbocycles. The maximum absolute atomic E-state index is 14.0. The van der Waals surface area contributed by atoms with Gasteiger partial charge >= 0.3 is 0 Å². The molecule has 0 bridgehead atoms. The molecule has 1 heterocycles. The van der Waals surface area contributed by atoms with E-state index >= 15 is 0 Å². The summed E-state index contributed by atoms with van der Waals surface area (Å²) in [4.78, 5) is 19.2. The van der Waals surface area contributed by atoms with Crippen LogP contribution in [0.5, 0.6) is 0 Å². The average molecular weight is 537 g/mol. The van der Waals surface area contributed by atoms with E-state index in [2.05, 4.69) is 91.0 Å². The molecule has 1 aromatic heterocycles. The van der Waals surface area contributed by atoms with E-state index in [4.69, 9.17) is 4.98 Å². The van der Waals surface area contributed by atoms with Gasteiger partial charge in [0.1, 0.15) is 5.82 Å². The van der Waals surface area contributed by atoms with Crippen LogP contribution in [-0.4, -0.2) is 9.55 Å². The maximum Gasteiger partial charge on any atom is 0.266 e. The van der Waals surface area contributed by atoms with Crippen LogP contribution in [0.15, 0.2) is 150 Å². The van der Waals surface area contributed by atoms with Crippen molar-refractivity contribution < 1.29 is 0 Å². The Bertz CT molecular complexity index is 2220. The highest BCUT2D eigenvalue weighted by molar-refractivity contribution is 5.95. The summed E-state index contributed by atoms with van der Waals surface area (Å²) in [5, 5.41) is 0.605. The first kappa shape index (κ1) is 23.2. The van der Waals surface area contributed by atoms with Gasteiger partial charge in [-0.15, -0.1) is 0 Å². The van der Waals surface area contributed by atoms with Crippen LogP contribution in [0.4, 0.5) is 0 Å². The van der Waals surface area contributed by atoms with Crippen molar-refractivity contribution in [3.05, 3.63) is 178 Å². The van der Waals surface area contributed by atoms with Crippen molar-refractivity contribution in [3.8, 4) is 39.3 Å². The molecule has 3 nitrogen and oxygen atoms in total. The van der Waals surface area contributed by atoms with Gasteiger partial charge < -0.3 is 0 Å². The molecule has 9 rings (SSSR count). The lowest BCUT2D eigenvalue weighted by atomic mass is 9.70. The van der Waals surface area contributed by atoms with Gasteiger partial charge in [0.25, 0.3) is 5.56 Å². The first-order chi connectivity index (χ1) is 20.8. The van der Waals surface area contributed by atoms with Crippen LogP contribution in [0.3, 0.4) is 0 Å². The highest BCUT2D eigenvalue weighted by atomic mass is 16.1. The highest BCUT2D eigenvalue weighted by Gasteiger charge is 2.51. The van der Waals surface area contributed by atoms with Crippen LogP contribution in [-0.2, 0) is 5.41 Å². The van der Waals surface area contributed by atoms with E-state index in [1.165, 1.54) is 44.5 Å². The third kappa shape index (κ3) is 2.89. The first-order valence-corrected chi connectivity index (χ1v) is 14.3. The third-order valence-corrected chi connectivity index (χ3v) is 9.05. The minimum Gasteiger partial charge on any atom is -0.268 e. The lowest BCUT2D eigenvalue weighted by Crippen LogP contribution is -2.26. The fraction of sp³-hybridized carbons (Fsp3) is 0.0256. The van der Waals surface area contributed by atoms with Crippen molar-refractivity contribution in [2.75, 3.05) is 0 Å². The Morgan fingerprint density at radius 1 is 0.500 bits per heavy atom. The lowest BCUT2D eigenvalue weighted by Gasteiger charge is -2.30. The molecule has 0 N–H and O–H groups in total. The third-order valence-electron chi connectivity index (χ3n) is 9.05. The van der Waals surface area contributed by atoms with Gasteiger partial charge in [0.05, 0.1) is 22.0 Å². The minimum atomic E-state index is -0.455. The second kappa shape index (κ2) is 8.48. The molecule has 2 aliphatic carbocycles. The number of hydrogen-bond acceptors (Lipinski definition) is 2. The van der Waals surface area contributed by atoms with Crippen molar-refractivity contribution in [2.24, 2.45) is 0 Å². The van der Waals surface area contributed by atoms with Crippen LogP contribution >= 0.6 is 0 Å². The Morgan fingerprint density at radius 2 is 1.02 bits per heavy atom. The summed E-state index contributed by atoms with van der Waals surface area (Å²) >= 11 is 0. The number of benzene rings is 6. The predicted octanol–water partition coefficient (Wildman–Crippen LogP) is 8.40. The molecular formula is C39H24N2O. The Labute approximate surface area is 243 Å². The molecule has 0 radical (unpaired) electrons. The molecule has 196 valence electrons. The Hall–Kier alpha value is -5.54. The highest BCUT2D eigenvalue weighted by Crippen LogP contribution is 2.62. The summed E-state index contributed by atoms with van der Waals surface area (Å²) < 4.78 is 1.76. The van der Waals surface area contributed by atoms with E-state index in [1.807, 2.05) is 54.6 Å². The quantitative estimate of drug-likeness (QED) is 0.222. The number of aromatic nitrogens is 2.